The van der Waals surface area contributed by atoms with Gasteiger partial charge >= 0.3 is 6.18 Å². The van der Waals surface area contributed by atoms with E-state index >= 15 is 0 Å². The molecule has 0 fully saturated rings. The molecule has 0 spiro atoms. The molecule has 1 heterocycles. The number of hydrogen-bond donors (Lipinski definition) is 2. The third kappa shape index (κ3) is 4.53. The number of hydrogen-bond acceptors (Lipinski definition) is 4. The molecule has 9 heteroatoms. The van der Waals surface area contributed by atoms with E-state index in [0.717, 1.165) is 12.1 Å². The van der Waals surface area contributed by atoms with E-state index in [0.29, 0.717) is 12.5 Å². The first-order valence-electron chi connectivity index (χ1n) is 7.14. The Bertz CT molecular complexity index is 717. The Balaban J connectivity index is 2.36. The molecule has 1 atom stereocenters. The van der Waals surface area contributed by atoms with Crippen LogP contribution in [0.15, 0.2) is 24.3 Å². The summed E-state index contributed by atoms with van der Waals surface area (Å²) < 4.78 is 65.0. The molecule has 0 amide bonds. The minimum absolute atomic E-state index is 0.0650. The van der Waals surface area contributed by atoms with Crippen LogP contribution in [0.5, 0.6) is 0 Å². The number of aromatic nitrogens is 2. The van der Waals surface area contributed by atoms with Crippen molar-refractivity contribution >= 4 is 17.5 Å². The van der Waals surface area contributed by atoms with Crippen molar-refractivity contribution in [3.05, 3.63) is 41.6 Å². The average Bonchev–Trinajstić information content (AvgIpc) is 2.49. The quantitative estimate of drug-likeness (QED) is 0.769. The summed E-state index contributed by atoms with van der Waals surface area (Å²) in [6.45, 7) is 3.62. The number of halogens is 5. The average molecular weight is 346 g/mol. The fourth-order valence-electron chi connectivity index (χ4n) is 1.77. The molecule has 0 bridgehead atoms. The number of benzene rings is 1. The lowest BCUT2D eigenvalue weighted by Crippen LogP contribution is -2.18. The van der Waals surface area contributed by atoms with Gasteiger partial charge in [-0.05, 0) is 25.5 Å². The summed E-state index contributed by atoms with van der Waals surface area (Å²) >= 11 is 0. The Kier molecular flexibility index (Phi) is 5.20. The van der Waals surface area contributed by atoms with Gasteiger partial charge < -0.3 is 10.6 Å². The molecular formula is C15H15F5N4. The molecule has 0 saturated heterocycles. The van der Waals surface area contributed by atoms with Crippen molar-refractivity contribution in [2.24, 2.45) is 0 Å². The number of alkyl halides is 3. The van der Waals surface area contributed by atoms with Gasteiger partial charge in [-0.25, -0.2) is 13.8 Å². The molecule has 0 saturated carbocycles. The Labute approximate surface area is 135 Å². The van der Waals surface area contributed by atoms with Crippen LogP contribution in [0.25, 0.3) is 0 Å². The van der Waals surface area contributed by atoms with Crippen LogP contribution in [0.4, 0.5) is 39.4 Å². The molecule has 2 N–H and O–H groups in total. The van der Waals surface area contributed by atoms with E-state index in [9.17, 15) is 22.0 Å². The third-order valence-electron chi connectivity index (χ3n) is 3.20. The van der Waals surface area contributed by atoms with Crippen molar-refractivity contribution in [3.63, 3.8) is 0 Å². The van der Waals surface area contributed by atoms with Crippen LogP contribution in [0.1, 0.15) is 26.0 Å². The highest BCUT2D eigenvalue weighted by atomic mass is 19.4. The molecule has 4 nitrogen and oxygen atoms in total. The van der Waals surface area contributed by atoms with Gasteiger partial charge in [-0.3, -0.25) is 0 Å². The van der Waals surface area contributed by atoms with Gasteiger partial charge in [0.25, 0.3) is 0 Å². The first kappa shape index (κ1) is 17.9. The summed E-state index contributed by atoms with van der Waals surface area (Å²) in [7, 11) is 0. The topological polar surface area (TPSA) is 49.8 Å². The van der Waals surface area contributed by atoms with Gasteiger partial charge in [0, 0.05) is 23.9 Å². The van der Waals surface area contributed by atoms with Gasteiger partial charge in [0.15, 0.2) is 17.3 Å². The summed E-state index contributed by atoms with van der Waals surface area (Å²) in [6, 6.07) is 3.44. The summed E-state index contributed by atoms with van der Waals surface area (Å²) in [4.78, 5) is 7.38. The van der Waals surface area contributed by atoms with Crippen molar-refractivity contribution in [2.75, 3.05) is 10.6 Å². The van der Waals surface area contributed by atoms with Crippen LogP contribution in [0.3, 0.4) is 0 Å². The zero-order chi connectivity index (χ0) is 17.9. The zero-order valence-electron chi connectivity index (χ0n) is 12.9. The Morgan fingerprint density at radius 2 is 1.79 bits per heavy atom. The van der Waals surface area contributed by atoms with Crippen LogP contribution in [0.2, 0.25) is 0 Å². The van der Waals surface area contributed by atoms with Crippen LogP contribution in [0, 0.1) is 11.6 Å². The lowest BCUT2D eigenvalue weighted by molar-refractivity contribution is -0.141. The van der Waals surface area contributed by atoms with Crippen LogP contribution in [-0.4, -0.2) is 16.0 Å². The number of nitrogens with zero attached hydrogens (tertiary/aromatic N) is 2. The van der Waals surface area contributed by atoms with Crippen molar-refractivity contribution in [2.45, 2.75) is 32.5 Å². The Morgan fingerprint density at radius 3 is 2.38 bits per heavy atom. The largest absolute Gasteiger partial charge is 0.433 e. The Morgan fingerprint density at radius 1 is 1.08 bits per heavy atom. The molecular weight excluding hydrogens is 331 g/mol. The second-order valence-corrected chi connectivity index (χ2v) is 5.17. The van der Waals surface area contributed by atoms with Gasteiger partial charge in [0.05, 0.1) is 0 Å². The summed E-state index contributed by atoms with van der Waals surface area (Å²) in [5.41, 5.74) is -1.08. The normalized spacial score (nSPS) is 12.8. The fourth-order valence-corrected chi connectivity index (χ4v) is 1.77. The predicted molar refractivity (Wildman–Crippen MR) is 80.1 cm³/mol. The second-order valence-electron chi connectivity index (χ2n) is 5.17. The lowest BCUT2D eigenvalue weighted by atomic mass is 10.2. The van der Waals surface area contributed by atoms with Crippen molar-refractivity contribution in [1.29, 1.82) is 0 Å². The smallest absolute Gasteiger partial charge is 0.352 e. The molecule has 0 radical (unpaired) electrons. The minimum atomic E-state index is -4.67. The summed E-state index contributed by atoms with van der Waals surface area (Å²) in [6.07, 6.45) is -4.01. The summed E-state index contributed by atoms with van der Waals surface area (Å²) in [5.74, 6) is -2.57. The van der Waals surface area contributed by atoms with E-state index in [-0.39, 0.29) is 23.5 Å². The van der Waals surface area contributed by atoms with Crippen LogP contribution < -0.4 is 10.6 Å². The first-order valence-corrected chi connectivity index (χ1v) is 7.14. The molecule has 1 aromatic carbocycles. The highest BCUT2D eigenvalue weighted by molar-refractivity contribution is 5.58. The third-order valence-corrected chi connectivity index (χ3v) is 3.20. The molecule has 0 unspecified atom stereocenters. The van der Waals surface area contributed by atoms with Gasteiger partial charge in [-0.2, -0.15) is 18.2 Å². The molecule has 0 aliphatic carbocycles. The maximum Gasteiger partial charge on any atom is 0.433 e. The van der Waals surface area contributed by atoms with Crippen LogP contribution in [-0.2, 0) is 6.18 Å². The fraction of sp³-hybridized carbons (Fsp3) is 0.333. The van der Waals surface area contributed by atoms with Crippen molar-refractivity contribution in [1.82, 2.24) is 9.97 Å². The van der Waals surface area contributed by atoms with Gasteiger partial charge in [0.2, 0.25) is 5.95 Å². The number of nitrogens with one attached hydrogen (secondary N) is 2. The standard InChI is InChI=1S/C15H15F5N4/c1-3-8(2)21-14-23-12(15(18,19)20)7-13(24-14)22-9-4-5-10(16)11(17)6-9/h4-8H,3H2,1-2H3,(H2,21,22,23,24)/t8-/m0/s1. The van der Waals surface area contributed by atoms with E-state index < -0.39 is 23.5 Å². The molecule has 0 aliphatic rings. The van der Waals surface area contributed by atoms with E-state index in [1.54, 1.807) is 6.92 Å². The van der Waals surface area contributed by atoms with E-state index in [4.69, 9.17) is 0 Å². The maximum atomic E-state index is 13.2. The molecule has 24 heavy (non-hydrogen) atoms. The second kappa shape index (κ2) is 6.98. The number of anilines is 3. The highest BCUT2D eigenvalue weighted by Gasteiger charge is 2.34. The first-order chi connectivity index (χ1) is 11.2. The molecule has 1 aromatic heterocycles. The monoisotopic (exact) mass is 346 g/mol. The maximum absolute atomic E-state index is 13.2. The van der Waals surface area contributed by atoms with Crippen LogP contribution >= 0.6 is 0 Å². The predicted octanol–water partition coefficient (Wildman–Crippen LogP) is 4.73. The van der Waals surface area contributed by atoms with Crippen molar-refractivity contribution in [3.8, 4) is 0 Å². The molecule has 2 aromatic rings. The van der Waals surface area contributed by atoms with E-state index in [1.165, 1.54) is 6.07 Å². The molecule has 2 rings (SSSR count). The van der Waals surface area contributed by atoms with Crippen molar-refractivity contribution < 1.29 is 22.0 Å². The zero-order valence-corrected chi connectivity index (χ0v) is 12.9. The number of rotatable bonds is 5. The van der Waals surface area contributed by atoms with Gasteiger partial charge in [-0.1, -0.05) is 6.92 Å². The van der Waals surface area contributed by atoms with Gasteiger partial charge in [0.1, 0.15) is 5.82 Å². The molecule has 130 valence electrons. The molecule has 0 aliphatic heterocycles. The SMILES string of the molecule is CC[C@H](C)Nc1nc(Nc2ccc(F)c(F)c2)cc(C(F)(F)F)n1. The lowest BCUT2D eigenvalue weighted by Gasteiger charge is -2.15. The van der Waals surface area contributed by atoms with E-state index in [1.807, 2.05) is 6.92 Å². The summed E-state index contributed by atoms with van der Waals surface area (Å²) in [5, 5.41) is 5.27. The minimum Gasteiger partial charge on any atom is -0.352 e. The highest BCUT2D eigenvalue weighted by Crippen LogP contribution is 2.30. The Hall–Kier alpha value is -2.45. The van der Waals surface area contributed by atoms with Gasteiger partial charge in [-0.15, -0.1) is 0 Å². The van der Waals surface area contributed by atoms with E-state index in [2.05, 4.69) is 20.6 Å².